The van der Waals surface area contributed by atoms with Gasteiger partial charge in [-0.3, -0.25) is 0 Å². The molecule has 1 fully saturated rings. The van der Waals surface area contributed by atoms with E-state index in [9.17, 15) is 12.8 Å². The van der Waals surface area contributed by atoms with Crippen LogP contribution in [0.15, 0.2) is 29.2 Å². The third-order valence-electron chi connectivity index (χ3n) is 4.83. The first-order chi connectivity index (χ1) is 13.1. The highest BCUT2D eigenvalue weighted by Gasteiger charge is 2.35. The minimum Gasteiger partial charge on any atom is -0.347 e. The molecule has 1 aromatic carbocycles. The molecule has 28 heavy (non-hydrogen) atoms. The van der Waals surface area contributed by atoms with Crippen LogP contribution >= 0.6 is 11.3 Å². The van der Waals surface area contributed by atoms with E-state index in [1.54, 1.807) is 5.51 Å². The van der Waals surface area contributed by atoms with Gasteiger partial charge in [-0.05, 0) is 36.0 Å². The Labute approximate surface area is 168 Å². The van der Waals surface area contributed by atoms with Crippen LogP contribution in [0, 0.1) is 11.2 Å². The topological polar surface area (TPSA) is 64.0 Å². The molecule has 8 heteroatoms. The van der Waals surface area contributed by atoms with Gasteiger partial charge in [0.25, 0.3) is 0 Å². The number of rotatable bonds is 6. The van der Waals surface area contributed by atoms with Gasteiger partial charge in [-0.2, -0.15) is 0 Å². The maximum absolute atomic E-state index is 14.8. The van der Waals surface area contributed by atoms with E-state index in [1.807, 2.05) is 17.6 Å². The Morgan fingerprint density at radius 1 is 1.32 bits per heavy atom. The van der Waals surface area contributed by atoms with Crippen molar-refractivity contribution in [3.05, 3.63) is 40.6 Å². The summed E-state index contributed by atoms with van der Waals surface area (Å²) < 4.78 is 44.1. The number of thiazole rings is 1. The third kappa shape index (κ3) is 3.99. The minimum absolute atomic E-state index is 0.0198. The second-order valence-electron chi connectivity index (χ2n) is 8.63. The van der Waals surface area contributed by atoms with Crippen LogP contribution in [0.5, 0.6) is 0 Å². The molecule has 0 spiro atoms. The molecular weight excluding hydrogens is 397 g/mol. The second kappa shape index (κ2) is 6.93. The van der Waals surface area contributed by atoms with Crippen molar-refractivity contribution in [2.24, 2.45) is 5.41 Å². The van der Waals surface area contributed by atoms with Crippen LogP contribution in [0.3, 0.4) is 0 Å². The molecule has 0 aliphatic heterocycles. The lowest BCUT2D eigenvalue weighted by Gasteiger charge is -2.20. The Morgan fingerprint density at radius 3 is 2.68 bits per heavy atom. The average Bonchev–Trinajstić information content (AvgIpc) is 3.24. The number of hydrogen-bond donors (Lipinski definition) is 1. The fourth-order valence-electron chi connectivity index (χ4n) is 3.38. The third-order valence-corrected chi connectivity index (χ3v) is 7.31. The fraction of sp³-hybridized carbons (Fsp3) is 0.450. The molecule has 2 heterocycles. The van der Waals surface area contributed by atoms with E-state index < -0.39 is 10.0 Å². The van der Waals surface area contributed by atoms with E-state index in [2.05, 4.69) is 35.0 Å². The molecule has 4 rings (SSSR count). The van der Waals surface area contributed by atoms with Crippen molar-refractivity contribution in [3.8, 4) is 11.3 Å². The molecule has 0 unspecified atom stereocenters. The smallest absolute Gasteiger partial charge is 0.214 e. The number of halogens is 1. The van der Waals surface area contributed by atoms with Crippen LogP contribution in [0.4, 0.5) is 4.39 Å². The van der Waals surface area contributed by atoms with Crippen molar-refractivity contribution in [1.82, 2.24) is 14.3 Å². The lowest BCUT2D eigenvalue weighted by molar-refractivity contribution is 0.349. The molecule has 2 aromatic heterocycles. The van der Waals surface area contributed by atoms with E-state index in [1.165, 1.54) is 17.4 Å². The summed E-state index contributed by atoms with van der Waals surface area (Å²) >= 11 is 1.43. The lowest BCUT2D eigenvalue weighted by Crippen LogP contribution is -2.26. The van der Waals surface area contributed by atoms with Gasteiger partial charge in [0.15, 0.2) is 0 Å². The van der Waals surface area contributed by atoms with Gasteiger partial charge >= 0.3 is 0 Å². The first-order valence-corrected chi connectivity index (χ1v) is 11.8. The van der Waals surface area contributed by atoms with Crippen LogP contribution in [-0.4, -0.2) is 23.2 Å². The van der Waals surface area contributed by atoms with Gasteiger partial charge in [0, 0.05) is 41.1 Å². The molecule has 1 aliphatic carbocycles. The highest BCUT2D eigenvalue weighted by Crippen LogP contribution is 2.33. The monoisotopic (exact) mass is 421 g/mol. The molecule has 0 radical (unpaired) electrons. The molecule has 0 bridgehead atoms. The van der Waals surface area contributed by atoms with Crippen LogP contribution in [-0.2, 0) is 23.1 Å². The Morgan fingerprint density at radius 2 is 2.07 bits per heavy atom. The van der Waals surface area contributed by atoms with E-state index in [0.29, 0.717) is 24.1 Å². The fourth-order valence-corrected chi connectivity index (χ4v) is 5.28. The predicted molar refractivity (Wildman–Crippen MR) is 111 cm³/mol. The summed E-state index contributed by atoms with van der Waals surface area (Å²) in [5.41, 5.74) is 4.46. The van der Waals surface area contributed by atoms with Gasteiger partial charge in [0.05, 0.1) is 16.5 Å². The number of nitrogens with one attached hydrogen (secondary N) is 1. The lowest BCUT2D eigenvalue weighted by atomic mass is 9.97. The zero-order chi connectivity index (χ0) is 20.1. The number of benzene rings is 1. The Kier molecular flexibility index (Phi) is 4.84. The highest BCUT2D eigenvalue weighted by atomic mass is 32.2. The van der Waals surface area contributed by atoms with Crippen molar-refractivity contribution < 1.29 is 12.8 Å². The van der Waals surface area contributed by atoms with Crippen LogP contribution in [0.25, 0.3) is 22.2 Å². The Balaban J connectivity index is 1.77. The van der Waals surface area contributed by atoms with Crippen LogP contribution in [0.1, 0.15) is 39.2 Å². The zero-order valence-corrected chi connectivity index (χ0v) is 17.8. The number of aromatic nitrogens is 2. The molecule has 150 valence electrons. The van der Waals surface area contributed by atoms with Crippen LogP contribution in [0.2, 0.25) is 0 Å². The van der Waals surface area contributed by atoms with E-state index in [4.69, 9.17) is 0 Å². The van der Waals surface area contributed by atoms with Crippen molar-refractivity contribution in [3.63, 3.8) is 0 Å². The molecule has 1 aliphatic rings. The molecule has 1 saturated carbocycles. The average molecular weight is 422 g/mol. The molecule has 0 amide bonds. The van der Waals surface area contributed by atoms with Crippen molar-refractivity contribution >= 4 is 32.3 Å². The van der Waals surface area contributed by atoms with Gasteiger partial charge < -0.3 is 4.57 Å². The number of nitrogens with zero attached hydrogens (tertiary/aromatic N) is 2. The van der Waals surface area contributed by atoms with Gasteiger partial charge in [-0.1, -0.05) is 20.8 Å². The molecule has 5 nitrogen and oxygen atoms in total. The summed E-state index contributed by atoms with van der Waals surface area (Å²) in [5.74, 6) is -0.349. The van der Waals surface area contributed by atoms with Crippen molar-refractivity contribution in [2.45, 2.75) is 52.0 Å². The molecule has 0 saturated heterocycles. The zero-order valence-electron chi connectivity index (χ0n) is 16.2. The van der Waals surface area contributed by atoms with E-state index >= 15 is 0 Å². The van der Waals surface area contributed by atoms with Crippen molar-refractivity contribution in [2.75, 3.05) is 0 Å². The van der Waals surface area contributed by atoms with E-state index in [-0.39, 0.29) is 23.0 Å². The minimum atomic E-state index is -3.30. The number of fused-ring (bicyclic) bond motifs is 1. The summed E-state index contributed by atoms with van der Waals surface area (Å²) in [5, 5.41) is 2.29. The summed E-state index contributed by atoms with van der Waals surface area (Å²) in [4.78, 5) is 4.24. The molecule has 3 aromatic rings. The van der Waals surface area contributed by atoms with Crippen LogP contribution < -0.4 is 4.72 Å². The Hall–Kier alpha value is -1.77. The second-order valence-corrected chi connectivity index (χ2v) is 11.4. The SMILES string of the molecule is CC(C)(C)Cn1cc(CNS(=O)(=O)C2CC2)c2cc(F)c(-c3cscn3)cc21. The summed E-state index contributed by atoms with van der Waals surface area (Å²) in [6.07, 6.45) is 3.37. The van der Waals surface area contributed by atoms with Gasteiger partial charge in [-0.15, -0.1) is 11.3 Å². The maximum atomic E-state index is 14.8. The van der Waals surface area contributed by atoms with Crippen molar-refractivity contribution in [1.29, 1.82) is 0 Å². The largest absolute Gasteiger partial charge is 0.347 e. The number of sulfonamides is 1. The summed E-state index contributed by atoms with van der Waals surface area (Å²) in [7, 11) is -3.30. The quantitative estimate of drug-likeness (QED) is 0.636. The first-order valence-electron chi connectivity index (χ1n) is 9.32. The first kappa shape index (κ1) is 19.5. The number of hydrogen-bond acceptors (Lipinski definition) is 4. The standard InChI is InChI=1S/C20H24FN3O2S2/c1-20(2,3)11-24-9-13(8-23-28(25,26)14-4-5-14)15-6-17(21)16(7-19(15)24)18-10-27-12-22-18/h6-7,9-10,12,14,23H,4-5,8,11H2,1-3H3. The summed E-state index contributed by atoms with van der Waals surface area (Å²) in [6.45, 7) is 7.32. The van der Waals surface area contributed by atoms with Gasteiger partial charge in [0.1, 0.15) is 5.82 Å². The molecular formula is C20H24FN3O2S2. The normalized spacial score (nSPS) is 15.4. The Bertz CT molecular complexity index is 1110. The molecule has 0 atom stereocenters. The predicted octanol–water partition coefficient (Wildman–Crippen LogP) is 4.53. The molecule has 1 N–H and O–H groups in total. The highest BCUT2D eigenvalue weighted by molar-refractivity contribution is 7.90. The maximum Gasteiger partial charge on any atom is 0.214 e. The van der Waals surface area contributed by atoms with E-state index in [0.717, 1.165) is 23.0 Å². The van der Waals surface area contributed by atoms with Gasteiger partial charge in [0.2, 0.25) is 10.0 Å². The summed E-state index contributed by atoms with van der Waals surface area (Å²) in [6, 6.07) is 3.33. The van der Waals surface area contributed by atoms with Gasteiger partial charge in [-0.25, -0.2) is 22.5 Å².